The third-order valence-electron chi connectivity index (χ3n) is 4.53. The van der Waals surface area contributed by atoms with Crippen molar-refractivity contribution in [2.45, 2.75) is 50.5 Å². The standard InChI is InChI=1S/C18H28N4O6/c19-7-3-1-2-4-8-20-15(25)6-5-12-10-22(18(27)21-17(12)26)16-9-13(24)14(11-23)28-16/h5-6,10,13-14,16,23-24H,1-4,7-9,11,19H2,(H,20,25)(H,21,26,27)/t13-,14+,16+/m0/s1. The van der Waals surface area contributed by atoms with Crippen LogP contribution in [0.4, 0.5) is 0 Å². The Morgan fingerprint density at radius 1 is 1.36 bits per heavy atom. The number of H-pyrrole nitrogens is 1. The van der Waals surface area contributed by atoms with Gasteiger partial charge in [0.25, 0.3) is 5.56 Å². The molecule has 0 unspecified atom stereocenters. The number of amides is 1. The number of unbranched alkanes of at least 4 members (excludes halogenated alkanes) is 3. The molecule has 3 atom stereocenters. The summed E-state index contributed by atoms with van der Waals surface area (Å²) in [7, 11) is 0. The molecule has 10 nitrogen and oxygen atoms in total. The second kappa shape index (κ2) is 10.9. The van der Waals surface area contributed by atoms with Crippen molar-refractivity contribution in [2.24, 2.45) is 5.73 Å². The van der Waals surface area contributed by atoms with Crippen LogP contribution in [0, 0.1) is 0 Å². The van der Waals surface area contributed by atoms with E-state index in [1.165, 1.54) is 18.3 Å². The molecular weight excluding hydrogens is 368 g/mol. The summed E-state index contributed by atoms with van der Waals surface area (Å²) >= 11 is 0. The number of carbonyl (C=O) groups is 1. The number of nitrogens with one attached hydrogen (secondary N) is 2. The van der Waals surface area contributed by atoms with Crippen LogP contribution >= 0.6 is 0 Å². The van der Waals surface area contributed by atoms with Crippen molar-refractivity contribution in [3.63, 3.8) is 0 Å². The second-order valence-electron chi connectivity index (χ2n) is 6.69. The number of ether oxygens (including phenoxy) is 1. The average molecular weight is 396 g/mol. The highest BCUT2D eigenvalue weighted by atomic mass is 16.5. The first-order chi connectivity index (χ1) is 13.5. The Morgan fingerprint density at radius 3 is 2.79 bits per heavy atom. The first kappa shape index (κ1) is 22.0. The lowest BCUT2D eigenvalue weighted by molar-refractivity contribution is -0.116. The third-order valence-corrected chi connectivity index (χ3v) is 4.53. The minimum Gasteiger partial charge on any atom is -0.394 e. The fourth-order valence-electron chi connectivity index (χ4n) is 2.94. The van der Waals surface area contributed by atoms with Gasteiger partial charge in [-0.1, -0.05) is 12.8 Å². The van der Waals surface area contributed by atoms with E-state index < -0.39 is 29.7 Å². The lowest BCUT2D eigenvalue weighted by Crippen LogP contribution is -2.33. The molecule has 1 aromatic heterocycles. The lowest BCUT2D eigenvalue weighted by atomic mass is 10.2. The fourth-order valence-corrected chi connectivity index (χ4v) is 2.94. The van der Waals surface area contributed by atoms with Gasteiger partial charge in [0.1, 0.15) is 12.3 Å². The molecule has 10 heteroatoms. The molecule has 28 heavy (non-hydrogen) atoms. The van der Waals surface area contributed by atoms with Gasteiger partial charge in [-0.15, -0.1) is 0 Å². The van der Waals surface area contributed by atoms with Gasteiger partial charge in [0.05, 0.1) is 18.3 Å². The van der Waals surface area contributed by atoms with E-state index in [-0.39, 0.29) is 24.5 Å². The maximum atomic E-state index is 12.0. The fraction of sp³-hybridized carbons (Fsp3) is 0.611. The third kappa shape index (κ3) is 6.13. The number of nitrogens with two attached hydrogens (primary N) is 1. The van der Waals surface area contributed by atoms with E-state index in [0.717, 1.165) is 30.3 Å². The summed E-state index contributed by atoms with van der Waals surface area (Å²) in [6.45, 7) is 0.812. The summed E-state index contributed by atoms with van der Waals surface area (Å²) in [5, 5.41) is 21.7. The Kier molecular flexibility index (Phi) is 8.58. The molecule has 0 bridgehead atoms. The van der Waals surface area contributed by atoms with Gasteiger partial charge in [-0.25, -0.2) is 4.79 Å². The predicted molar refractivity (Wildman–Crippen MR) is 103 cm³/mol. The van der Waals surface area contributed by atoms with Gasteiger partial charge in [0, 0.05) is 25.2 Å². The summed E-state index contributed by atoms with van der Waals surface area (Å²) in [5.74, 6) is -0.344. The smallest absolute Gasteiger partial charge is 0.330 e. The van der Waals surface area contributed by atoms with Crippen LogP contribution < -0.4 is 22.3 Å². The summed E-state index contributed by atoms with van der Waals surface area (Å²) in [6, 6.07) is 0. The molecule has 6 N–H and O–H groups in total. The Hall–Kier alpha value is -2.27. The average Bonchev–Trinajstić information content (AvgIpc) is 3.04. The molecule has 0 saturated carbocycles. The van der Waals surface area contributed by atoms with Gasteiger partial charge in [-0.2, -0.15) is 0 Å². The Labute approximate surface area is 162 Å². The molecule has 0 spiro atoms. The number of hydrogen-bond acceptors (Lipinski definition) is 7. The zero-order chi connectivity index (χ0) is 20.5. The van der Waals surface area contributed by atoms with Crippen molar-refractivity contribution in [3.05, 3.63) is 38.7 Å². The molecule has 0 aliphatic carbocycles. The Bertz CT molecular complexity index is 787. The van der Waals surface area contributed by atoms with E-state index in [4.69, 9.17) is 15.6 Å². The van der Waals surface area contributed by atoms with Gasteiger partial charge < -0.3 is 26.0 Å². The summed E-state index contributed by atoms with van der Waals surface area (Å²) in [5.41, 5.74) is 4.19. The Morgan fingerprint density at radius 2 is 2.11 bits per heavy atom. The van der Waals surface area contributed by atoms with Crippen LogP contribution in [0.15, 0.2) is 21.9 Å². The van der Waals surface area contributed by atoms with E-state index in [1.54, 1.807) is 0 Å². The first-order valence-electron chi connectivity index (χ1n) is 9.42. The van der Waals surface area contributed by atoms with Gasteiger partial charge in [-0.3, -0.25) is 19.1 Å². The van der Waals surface area contributed by atoms with E-state index in [2.05, 4.69) is 10.3 Å². The number of aliphatic hydroxyl groups is 2. The summed E-state index contributed by atoms with van der Waals surface area (Å²) < 4.78 is 6.57. The minimum absolute atomic E-state index is 0.100. The van der Waals surface area contributed by atoms with Crippen molar-refractivity contribution >= 4 is 12.0 Å². The van der Waals surface area contributed by atoms with Crippen LogP contribution in [0.3, 0.4) is 0 Å². The van der Waals surface area contributed by atoms with E-state index >= 15 is 0 Å². The van der Waals surface area contributed by atoms with E-state index in [1.807, 2.05) is 0 Å². The number of aromatic nitrogens is 2. The predicted octanol–water partition coefficient (Wildman–Crippen LogP) is -1.17. The van der Waals surface area contributed by atoms with Crippen molar-refractivity contribution in [3.8, 4) is 0 Å². The molecule has 1 amide bonds. The zero-order valence-electron chi connectivity index (χ0n) is 15.7. The molecule has 1 fully saturated rings. The van der Waals surface area contributed by atoms with Crippen LogP contribution in [-0.2, 0) is 9.53 Å². The van der Waals surface area contributed by atoms with Crippen molar-refractivity contribution in [1.29, 1.82) is 0 Å². The topological polar surface area (TPSA) is 160 Å². The highest BCUT2D eigenvalue weighted by Crippen LogP contribution is 2.27. The van der Waals surface area contributed by atoms with Crippen molar-refractivity contribution in [1.82, 2.24) is 14.9 Å². The van der Waals surface area contributed by atoms with Gasteiger partial charge in [0.15, 0.2) is 0 Å². The molecular formula is C18H28N4O6. The number of nitrogens with zero attached hydrogens (tertiary/aromatic N) is 1. The maximum Gasteiger partial charge on any atom is 0.330 e. The Balaban J connectivity index is 1.98. The maximum absolute atomic E-state index is 12.0. The van der Waals surface area contributed by atoms with Gasteiger partial charge >= 0.3 is 5.69 Å². The number of rotatable bonds is 10. The van der Waals surface area contributed by atoms with Gasteiger partial charge in [-0.05, 0) is 25.5 Å². The van der Waals surface area contributed by atoms with E-state index in [9.17, 15) is 19.5 Å². The largest absolute Gasteiger partial charge is 0.394 e. The quantitative estimate of drug-likeness (QED) is 0.246. The molecule has 1 aromatic rings. The molecule has 156 valence electrons. The normalized spacial score (nSPS) is 22.0. The number of hydrogen-bond donors (Lipinski definition) is 5. The number of carbonyl (C=O) groups excluding carboxylic acids is 1. The van der Waals surface area contributed by atoms with Crippen molar-refractivity contribution in [2.75, 3.05) is 19.7 Å². The van der Waals surface area contributed by atoms with Crippen LogP contribution in [0.5, 0.6) is 0 Å². The molecule has 2 heterocycles. The molecule has 2 rings (SSSR count). The molecule has 1 aliphatic rings. The monoisotopic (exact) mass is 396 g/mol. The second-order valence-corrected chi connectivity index (χ2v) is 6.69. The molecule has 1 aliphatic heterocycles. The van der Waals surface area contributed by atoms with Crippen LogP contribution in [0.25, 0.3) is 6.08 Å². The minimum atomic E-state index is -0.913. The SMILES string of the molecule is NCCCCCCNC(=O)C=Cc1cn([C@H]2C[C@H](O)[C@@H](CO)O2)c(=O)[nH]c1=O. The first-order valence-corrected chi connectivity index (χ1v) is 9.42. The van der Waals surface area contributed by atoms with Gasteiger partial charge in [0.2, 0.25) is 5.91 Å². The molecule has 0 aromatic carbocycles. The molecule has 0 radical (unpaired) electrons. The van der Waals surface area contributed by atoms with Crippen LogP contribution in [-0.4, -0.2) is 57.6 Å². The highest BCUT2D eigenvalue weighted by Gasteiger charge is 2.35. The molecule has 1 saturated heterocycles. The number of aromatic amines is 1. The van der Waals surface area contributed by atoms with Crippen LogP contribution in [0.1, 0.15) is 43.9 Å². The van der Waals surface area contributed by atoms with Crippen LogP contribution in [0.2, 0.25) is 0 Å². The van der Waals surface area contributed by atoms with E-state index in [0.29, 0.717) is 13.1 Å². The summed E-state index contributed by atoms with van der Waals surface area (Å²) in [4.78, 5) is 38.0. The summed E-state index contributed by atoms with van der Waals surface area (Å²) in [6.07, 6.45) is 5.20. The lowest BCUT2D eigenvalue weighted by Gasteiger charge is -2.14. The highest BCUT2D eigenvalue weighted by molar-refractivity contribution is 5.91. The zero-order valence-corrected chi connectivity index (χ0v) is 15.7. The van der Waals surface area contributed by atoms with Crippen molar-refractivity contribution < 1.29 is 19.7 Å². The number of aliphatic hydroxyl groups excluding tert-OH is 2.